The van der Waals surface area contributed by atoms with Crippen molar-refractivity contribution in [2.45, 2.75) is 12.3 Å². The molecule has 84 valence electrons. The minimum atomic E-state index is -0.455. The number of methoxy groups -OCH3 is 1. The van der Waals surface area contributed by atoms with Crippen LogP contribution in [-0.4, -0.2) is 20.2 Å². The van der Waals surface area contributed by atoms with E-state index < -0.39 is 5.82 Å². The molecule has 1 N–H and O–H groups in total. The molecule has 1 aliphatic heterocycles. The third-order valence-electron chi connectivity index (χ3n) is 2.92. The number of hydrogen-bond donors (Lipinski definition) is 1. The fraction of sp³-hybridized carbons (Fsp3) is 0.417. The molecule has 0 aromatic heterocycles. The molecule has 1 unspecified atom stereocenters. The second-order valence-corrected chi connectivity index (χ2v) is 3.89. The molecule has 3 nitrogen and oxygen atoms in total. The fourth-order valence-electron chi connectivity index (χ4n) is 2.08. The smallest absolute Gasteiger partial charge is 0.172 e. The van der Waals surface area contributed by atoms with Crippen LogP contribution in [-0.2, 0) is 0 Å². The van der Waals surface area contributed by atoms with Crippen LogP contribution in [0.1, 0.15) is 23.5 Å². The van der Waals surface area contributed by atoms with Crippen molar-refractivity contribution in [1.82, 2.24) is 5.32 Å². The summed E-state index contributed by atoms with van der Waals surface area (Å²) in [6.07, 6.45) is 0.983. The molecular formula is C12H13FN2O. The van der Waals surface area contributed by atoms with Gasteiger partial charge >= 0.3 is 0 Å². The van der Waals surface area contributed by atoms with Gasteiger partial charge in [0.25, 0.3) is 0 Å². The molecule has 16 heavy (non-hydrogen) atoms. The van der Waals surface area contributed by atoms with Crippen LogP contribution < -0.4 is 10.1 Å². The molecule has 1 heterocycles. The van der Waals surface area contributed by atoms with Gasteiger partial charge in [0, 0.05) is 6.54 Å². The average Bonchev–Trinajstić information content (AvgIpc) is 2.81. The summed E-state index contributed by atoms with van der Waals surface area (Å²) >= 11 is 0. The Balaban J connectivity index is 2.41. The lowest BCUT2D eigenvalue weighted by molar-refractivity contribution is 0.384. The first kappa shape index (κ1) is 10.9. The second kappa shape index (κ2) is 4.50. The summed E-state index contributed by atoms with van der Waals surface area (Å²) in [5.41, 5.74) is 1.14. The van der Waals surface area contributed by atoms with E-state index in [-0.39, 0.29) is 11.3 Å². The number of ether oxygens (including phenoxy) is 1. The minimum absolute atomic E-state index is 0.0391. The van der Waals surface area contributed by atoms with E-state index in [1.807, 2.05) is 6.07 Å². The molecule has 1 aliphatic rings. The van der Waals surface area contributed by atoms with Crippen LogP contribution in [0.25, 0.3) is 0 Å². The summed E-state index contributed by atoms with van der Waals surface area (Å²) in [6.45, 7) is 1.79. The predicted molar refractivity (Wildman–Crippen MR) is 57.9 cm³/mol. The van der Waals surface area contributed by atoms with E-state index in [0.717, 1.165) is 25.1 Å². The number of hydrogen-bond acceptors (Lipinski definition) is 3. The Hall–Kier alpha value is -1.60. The molecule has 1 atom stereocenters. The van der Waals surface area contributed by atoms with Gasteiger partial charge in [0.1, 0.15) is 6.07 Å². The second-order valence-electron chi connectivity index (χ2n) is 3.89. The van der Waals surface area contributed by atoms with Crippen molar-refractivity contribution < 1.29 is 9.13 Å². The zero-order valence-electron chi connectivity index (χ0n) is 9.09. The largest absolute Gasteiger partial charge is 0.492 e. The van der Waals surface area contributed by atoms with E-state index in [1.54, 1.807) is 6.07 Å². The molecular weight excluding hydrogens is 207 g/mol. The van der Waals surface area contributed by atoms with Gasteiger partial charge in [0.05, 0.1) is 12.7 Å². The third-order valence-corrected chi connectivity index (χ3v) is 2.92. The summed E-state index contributed by atoms with van der Waals surface area (Å²) < 4.78 is 18.5. The quantitative estimate of drug-likeness (QED) is 0.826. The van der Waals surface area contributed by atoms with Gasteiger partial charge < -0.3 is 10.1 Å². The summed E-state index contributed by atoms with van der Waals surface area (Å²) in [5.74, 6) is -0.117. The standard InChI is InChI=1S/C12H13FN2O/c1-16-12-10(6-14)4-9(5-11(12)13)8-2-3-15-7-8/h4-5,8,15H,2-3,7H2,1H3. The molecule has 0 amide bonds. The van der Waals surface area contributed by atoms with E-state index in [4.69, 9.17) is 10.00 Å². The van der Waals surface area contributed by atoms with Crippen molar-refractivity contribution in [2.24, 2.45) is 0 Å². The first-order valence-corrected chi connectivity index (χ1v) is 5.24. The van der Waals surface area contributed by atoms with Crippen LogP contribution in [0.2, 0.25) is 0 Å². The van der Waals surface area contributed by atoms with Crippen molar-refractivity contribution in [1.29, 1.82) is 5.26 Å². The van der Waals surface area contributed by atoms with Crippen LogP contribution >= 0.6 is 0 Å². The Morgan fingerprint density at radius 3 is 2.94 bits per heavy atom. The lowest BCUT2D eigenvalue weighted by Gasteiger charge is -2.11. The highest BCUT2D eigenvalue weighted by molar-refractivity contribution is 5.47. The van der Waals surface area contributed by atoms with E-state index in [0.29, 0.717) is 5.92 Å². The van der Waals surface area contributed by atoms with E-state index in [2.05, 4.69) is 5.32 Å². The topological polar surface area (TPSA) is 45.0 Å². The normalized spacial score (nSPS) is 19.4. The first-order valence-electron chi connectivity index (χ1n) is 5.24. The Kier molecular flexibility index (Phi) is 3.07. The molecule has 0 spiro atoms. The third kappa shape index (κ3) is 1.86. The molecule has 1 fully saturated rings. The number of nitriles is 1. The van der Waals surface area contributed by atoms with E-state index in [9.17, 15) is 4.39 Å². The summed E-state index contributed by atoms with van der Waals surface area (Å²) in [7, 11) is 1.37. The minimum Gasteiger partial charge on any atom is -0.492 e. The van der Waals surface area contributed by atoms with Gasteiger partial charge in [-0.25, -0.2) is 4.39 Å². The number of nitrogens with one attached hydrogen (secondary N) is 1. The first-order chi connectivity index (χ1) is 7.76. The zero-order chi connectivity index (χ0) is 11.5. The van der Waals surface area contributed by atoms with E-state index >= 15 is 0 Å². The molecule has 1 aromatic carbocycles. The monoisotopic (exact) mass is 220 g/mol. The van der Waals surface area contributed by atoms with Crippen LogP contribution in [0.3, 0.4) is 0 Å². The van der Waals surface area contributed by atoms with Crippen LogP contribution in [0.15, 0.2) is 12.1 Å². The number of benzene rings is 1. The summed E-state index contributed by atoms with van der Waals surface area (Å²) in [6, 6.07) is 5.16. The molecule has 0 radical (unpaired) electrons. The van der Waals surface area contributed by atoms with Crippen LogP contribution in [0, 0.1) is 17.1 Å². The highest BCUT2D eigenvalue weighted by Crippen LogP contribution is 2.29. The molecule has 0 aliphatic carbocycles. The maximum Gasteiger partial charge on any atom is 0.172 e. The van der Waals surface area contributed by atoms with Gasteiger partial charge in [-0.05, 0) is 36.6 Å². The van der Waals surface area contributed by atoms with Gasteiger partial charge in [-0.15, -0.1) is 0 Å². The van der Waals surface area contributed by atoms with Crippen LogP contribution in [0.5, 0.6) is 5.75 Å². The Morgan fingerprint density at radius 2 is 2.38 bits per heavy atom. The number of halogens is 1. The highest BCUT2D eigenvalue weighted by Gasteiger charge is 2.20. The average molecular weight is 220 g/mol. The van der Waals surface area contributed by atoms with Crippen molar-refractivity contribution in [3.8, 4) is 11.8 Å². The molecule has 1 aromatic rings. The van der Waals surface area contributed by atoms with Crippen molar-refractivity contribution in [3.05, 3.63) is 29.1 Å². The maximum absolute atomic E-state index is 13.7. The van der Waals surface area contributed by atoms with Gasteiger partial charge in [0.2, 0.25) is 0 Å². The Morgan fingerprint density at radius 1 is 1.56 bits per heavy atom. The molecule has 1 saturated heterocycles. The summed E-state index contributed by atoms with van der Waals surface area (Å²) in [4.78, 5) is 0. The van der Waals surface area contributed by atoms with Crippen molar-refractivity contribution >= 4 is 0 Å². The SMILES string of the molecule is COc1c(F)cc(C2CCNC2)cc1C#N. The lowest BCUT2D eigenvalue weighted by atomic mass is 9.96. The molecule has 4 heteroatoms. The highest BCUT2D eigenvalue weighted by atomic mass is 19.1. The number of rotatable bonds is 2. The van der Waals surface area contributed by atoms with Crippen molar-refractivity contribution in [3.63, 3.8) is 0 Å². The fourth-order valence-corrected chi connectivity index (χ4v) is 2.08. The number of nitrogens with zero attached hydrogens (tertiary/aromatic N) is 1. The zero-order valence-corrected chi connectivity index (χ0v) is 9.09. The lowest BCUT2D eigenvalue weighted by Crippen LogP contribution is -2.08. The maximum atomic E-state index is 13.7. The summed E-state index contributed by atoms with van der Waals surface area (Å²) in [5, 5.41) is 12.1. The Labute approximate surface area is 93.8 Å². The van der Waals surface area contributed by atoms with E-state index in [1.165, 1.54) is 13.2 Å². The molecule has 0 saturated carbocycles. The Bertz CT molecular complexity index is 433. The van der Waals surface area contributed by atoms with Gasteiger partial charge in [-0.1, -0.05) is 0 Å². The van der Waals surface area contributed by atoms with Gasteiger partial charge in [-0.3, -0.25) is 0 Å². The molecule has 2 rings (SSSR count). The molecule has 0 bridgehead atoms. The van der Waals surface area contributed by atoms with Gasteiger partial charge in [0.15, 0.2) is 11.6 Å². The predicted octanol–water partition coefficient (Wildman–Crippen LogP) is 1.78. The van der Waals surface area contributed by atoms with Gasteiger partial charge in [-0.2, -0.15) is 5.26 Å². The van der Waals surface area contributed by atoms with Crippen LogP contribution in [0.4, 0.5) is 4.39 Å². The van der Waals surface area contributed by atoms with Crippen molar-refractivity contribution in [2.75, 3.05) is 20.2 Å².